The second-order valence-corrected chi connectivity index (χ2v) is 7.63. The number of anilines is 1. The van der Waals surface area contributed by atoms with E-state index in [4.69, 9.17) is 4.74 Å². The van der Waals surface area contributed by atoms with E-state index in [-0.39, 0.29) is 25.2 Å². The van der Waals surface area contributed by atoms with Crippen LogP contribution < -0.4 is 5.32 Å². The molecule has 0 atom stereocenters. The number of ether oxygens (including phenoxy) is 1. The summed E-state index contributed by atoms with van der Waals surface area (Å²) < 4.78 is 4.94. The minimum absolute atomic E-state index is 0.0326. The molecule has 2 rings (SSSR count). The van der Waals surface area contributed by atoms with Gasteiger partial charge < -0.3 is 10.1 Å². The van der Waals surface area contributed by atoms with Crippen LogP contribution in [0.4, 0.5) is 5.69 Å². The van der Waals surface area contributed by atoms with E-state index in [1.165, 1.54) is 16.9 Å². The second-order valence-electron chi connectivity index (χ2n) is 6.34. The smallest absolute Gasteiger partial charge is 0.306 e. The number of unbranched alkanes of at least 4 members (excludes halogenated alkanes) is 1. The van der Waals surface area contributed by atoms with Gasteiger partial charge in [0.05, 0.1) is 11.3 Å². The molecule has 6 heteroatoms. The van der Waals surface area contributed by atoms with E-state index in [1.54, 1.807) is 6.07 Å². The van der Waals surface area contributed by atoms with Gasteiger partial charge in [0.15, 0.2) is 12.4 Å². The lowest BCUT2D eigenvalue weighted by Gasteiger charge is -2.07. The Kier molecular flexibility index (Phi) is 8.20. The van der Waals surface area contributed by atoms with E-state index in [2.05, 4.69) is 12.2 Å². The number of hydrogen-bond donors (Lipinski definition) is 1. The molecular formula is C21H25NO4S. The van der Waals surface area contributed by atoms with Crippen molar-refractivity contribution in [3.63, 3.8) is 0 Å². The van der Waals surface area contributed by atoms with Crippen LogP contribution in [-0.4, -0.2) is 24.3 Å². The number of Topliss-reactive ketones (excluding diaryl/α,β-unsaturated/α-hetero) is 1. The number of rotatable bonds is 10. The molecule has 0 aliphatic rings. The Balaban J connectivity index is 1.68. The maximum atomic E-state index is 12.0. The first kappa shape index (κ1) is 20.8. The molecule has 1 aromatic heterocycles. The molecule has 1 N–H and O–H groups in total. The van der Waals surface area contributed by atoms with Crippen molar-refractivity contribution in [3.05, 3.63) is 51.7 Å². The summed E-state index contributed by atoms with van der Waals surface area (Å²) in [7, 11) is 0. The molecule has 0 aliphatic carbocycles. The molecule has 5 nitrogen and oxygen atoms in total. The predicted octanol–water partition coefficient (Wildman–Crippen LogP) is 4.54. The van der Waals surface area contributed by atoms with Crippen LogP contribution in [0.25, 0.3) is 0 Å². The van der Waals surface area contributed by atoms with Gasteiger partial charge in [-0.05, 0) is 49.6 Å². The number of amides is 1. The largest absolute Gasteiger partial charge is 0.456 e. The number of thiophene rings is 1. The molecule has 1 aromatic carbocycles. The van der Waals surface area contributed by atoms with Crippen molar-refractivity contribution in [2.75, 3.05) is 11.9 Å². The van der Waals surface area contributed by atoms with Crippen molar-refractivity contribution < 1.29 is 19.1 Å². The van der Waals surface area contributed by atoms with Crippen LogP contribution in [0.2, 0.25) is 0 Å². The maximum absolute atomic E-state index is 12.0. The van der Waals surface area contributed by atoms with Gasteiger partial charge in [-0.1, -0.05) is 25.5 Å². The second kappa shape index (κ2) is 10.6. The van der Waals surface area contributed by atoms with Crippen molar-refractivity contribution in [2.24, 2.45) is 0 Å². The van der Waals surface area contributed by atoms with Crippen LogP contribution in [0.5, 0.6) is 0 Å². The Morgan fingerprint density at radius 2 is 1.78 bits per heavy atom. The van der Waals surface area contributed by atoms with Crippen molar-refractivity contribution in [2.45, 2.75) is 46.0 Å². The van der Waals surface area contributed by atoms with E-state index < -0.39 is 11.9 Å². The number of nitrogens with one attached hydrogen (secondary N) is 1. The molecule has 0 bridgehead atoms. The Bertz CT molecular complexity index is 780. The predicted molar refractivity (Wildman–Crippen MR) is 107 cm³/mol. The monoisotopic (exact) mass is 387 g/mol. The van der Waals surface area contributed by atoms with E-state index in [1.807, 2.05) is 37.3 Å². The number of hydrogen-bond acceptors (Lipinski definition) is 5. The third-order valence-electron chi connectivity index (χ3n) is 3.99. The Morgan fingerprint density at radius 1 is 1.04 bits per heavy atom. The standard InChI is InChI=1S/C21H25NO4S/c1-3-4-5-16-7-9-17(10-8-16)22-20(24)14-26-21(25)13-11-18(23)19-12-6-15(2)27-19/h6-10,12H,3-5,11,13-14H2,1-2H3,(H,22,24). The summed E-state index contributed by atoms with van der Waals surface area (Å²) in [5.41, 5.74) is 1.89. The highest BCUT2D eigenvalue weighted by molar-refractivity contribution is 7.14. The van der Waals surface area contributed by atoms with Gasteiger partial charge in [-0.25, -0.2) is 0 Å². The number of benzene rings is 1. The fourth-order valence-corrected chi connectivity index (χ4v) is 3.31. The third-order valence-corrected chi connectivity index (χ3v) is 5.03. The molecule has 0 fully saturated rings. The molecule has 2 aromatic rings. The lowest BCUT2D eigenvalue weighted by Crippen LogP contribution is -2.21. The van der Waals surface area contributed by atoms with Gasteiger partial charge in [0.2, 0.25) is 0 Å². The Hall–Kier alpha value is -2.47. The van der Waals surface area contributed by atoms with Gasteiger partial charge in [-0.2, -0.15) is 0 Å². The summed E-state index contributed by atoms with van der Waals surface area (Å²) in [6.07, 6.45) is 3.35. The maximum Gasteiger partial charge on any atom is 0.306 e. The topological polar surface area (TPSA) is 72.5 Å². The van der Waals surface area contributed by atoms with Crippen LogP contribution in [0, 0.1) is 6.92 Å². The first-order valence-electron chi connectivity index (χ1n) is 9.12. The average molecular weight is 388 g/mol. The summed E-state index contributed by atoms with van der Waals surface area (Å²) >= 11 is 1.41. The molecular weight excluding hydrogens is 362 g/mol. The zero-order valence-electron chi connectivity index (χ0n) is 15.7. The average Bonchev–Trinajstić information content (AvgIpc) is 3.10. The number of aryl methyl sites for hydroxylation is 2. The highest BCUT2D eigenvalue weighted by Gasteiger charge is 2.13. The molecule has 0 unspecified atom stereocenters. The van der Waals surface area contributed by atoms with Crippen LogP contribution in [0.15, 0.2) is 36.4 Å². The SMILES string of the molecule is CCCCc1ccc(NC(=O)COC(=O)CCC(=O)c2ccc(C)s2)cc1. The fraction of sp³-hybridized carbons (Fsp3) is 0.381. The summed E-state index contributed by atoms with van der Waals surface area (Å²) in [5, 5.41) is 2.69. The van der Waals surface area contributed by atoms with Gasteiger partial charge in [0, 0.05) is 17.0 Å². The zero-order valence-corrected chi connectivity index (χ0v) is 16.6. The molecule has 1 heterocycles. The van der Waals surface area contributed by atoms with Crippen molar-refractivity contribution in [3.8, 4) is 0 Å². The molecule has 0 spiro atoms. The summed E-state index contributed by atoms with van der Waals surface area (Å²) in [5.74, 6) is -1.04. The molecule has 144 valence electrons. The molecule has 27 heavy (non-hydrogen) atoms. The van der Waals surface area contributed by atoms with Crippen LogP contribution in [0.3, 0.4) is 0 Å². The Labute approximate surface area is 163 Å². The molecule has 0 aliphatic heterocycles. The molecule has 0 saturated carbocycles. The number of ketones is 1. The van der Waals surface area contributed by atoms with Crippen molar-refractivity contribution >= 4 is 34.7 Å². The zero-order chi connectivity index (χ0) is 19.6. The van der Waals surface area contributed by atoms with Gasteiger partial charge in [0.1, 0.15) is 0 Å². The van der Waals surface area contributed by atoms with Gasteiger partial charge in [0.25, 0.3) is 5.91 Å². The van der Waals surface area contributed by atoms with E-state index >= 15 is 0 Å². The van der Waals surface area contributed by atoms with Gasteiger partial charge >= 0.3 is 5.97 Å². The number of carbonyl (C=O) groups is 3. The van der Waals surface area contributed by atoms with Crippen molar-refractivity contribution in [1.82, 2.24) is 0 Å². The van der Waals surface area contributed by atoms with E-state index in [0.717, 1.165) is 24.1 Å². The summed E-state index contributed by atoms with van der Waals surface area (Å²) in [4.78, 5) is 37.3. The van der Waals surface area contributed by atoms with E-state index in [9.17, 15) is 14.4 Å². The van der Waals surface area contributed by atoms with Gasteiger partial charge in [-0.15, -0.1) is 11.3 Å². The minimum Gasteiger partial charge on any atom is -0.456 e. The van der Waals surface area contributed by atoms with Gasteiger partial charge in [-0.3, -0.25) is 14.4 Å². The molecule has 0 saturated heterocycles. The quantitative estimate of drug-likeness (QED) is 0.480. The fourth-order valence-electron chi connectivity index (χ4n) is 2.47. The Morgan fingerprint density at radius 3 is 2.41 bits per heavy atom. The summed E-state index contributed by atoms with van der Waals surface area (Å²) in [6.45, 7) is 3.71. The highest BCUT2D eigenvalue weighted by Crippen LogP contribution is 2.17. The van der Waals surface area contributed by atoms with Crippen molar-refractivity contribution in [1.29, 1.82) is 0 Å². The van der Waals surface area contributed by atoms with Crippen LogP contribution in [-0.2, 0) is 20.7 Å². The minimum atomic E-state index is -0.554. The highest BCUT2D eigenvalue weighted by atomic mass is 32.1. The number of carbonyl (C=O) groups excluding carboxylic acids is 3. The summed E-state index contributed by atoms with van der Waals surface area (Å²) in [6, 6.07) is 11.3. The first-order valence-corrected chi connectivity index (χ1v) is 9.93. The lowest BCUT2D eigenvalue weighted by atomic mass is 10.1. The lowest BCUT2D eigenvalue weighted by molar-refractivity contribution is -0.147. The molecule has 0 radical (unpaired) electrons. The van der Waals surface area contributed by atoms with Crippen LogP contribution >= 0.6 is 11.3 Å². The first-order chi connectivity index (χ1) is 13.0. The number of esters is 1. The normalized spacial score (nSPS) is 10.4. The third kappa shape index (κ3) is 7.35. The van der Waals surface area contributed by atoms with Crippen LogP contribution in [0.1, 0.15) is 52.7 Å². The molecule has 1 amide bonds. The van der Waals surface area contributed by atoms with E-state index in [0.29, 0.717) is 10.6 Å².